The molecule has 0 aliphatic rings. The Morgan fingerprint density at radius 3 is 2.29 bits per heavy atom. The monoisotopic (exact) mass is 317 g/mol. The molecule has 1 rings (SSSR count). The Kier molecular flexibility index (Phi) is 5.31. The van der Waals surface area contributed by atoms with Gasteiger partial charge in [0.1, 0.15) is 5.60 Å². The van der Waals surface area contributed by atoms with E-state index in [9.17, 15) is 9.59 Å². The second-order valence-corrected chi connectivity index (χ2v) is 5.18. The number of nitrogens with zero attached hydrogens (tertiary/aromatic N) is 2. The van der Waals surface area contributed by atoms with Crippen molar-refractivity contribution in [2.75, 3.05) is 19.5 Å². The summed E-state index contributed by atoms with van der Waals surface area (Å²) in [6, 6.07) is 0. The highest BCUT2D eigenvalue weighted by atomic mass is 35.5. The highest BCUT2D eigenvalue weighted by Gasteiger charge is 2.24. The SMILES string of the molecule is COC(=O)c1nc(Cl)nc(NC(=O)OC(C)(C)C)c1OC. The number of carbonyl (C=O) groups excluding carboxylic acids is 2. The molecule has 0 saturated carbocycles. The van der Waals surface area contributed by atoms with Crippen LogP contribution in [0.1, 0.15) is 31.3 Å². The molecule has 0 aromatic carbocycles. The summed E-state index contributed by atoms with van der Waals surface area (Å²) in [7, 11) is 2.47. The van der Waals surface area contributed by atoms with Crippen LogP contribution in [0.4, 0.5) is 10.6 Å². The molecule has 0 bridgehead atoms. The van der Waals surface area contributed by atoms with Gasteiger partial charge in [-0.2, -0.15) is 4.98 Å². The number of aromatic nitrogens is 2. The number of anilines is 1. The van der Waals surface area contributed by atoms with E-state index in [4.69, 9.17) is 21.1 Å². The summed E-state index contributed by atoms with van der Waals surface area (Å²) in [6.45, 7) is 5.12. The van der Waals surface area contributed by atoms with Crippen LogP contribution in [0.15, 0.2) is 0 Å². The molecule has 0 aliphatic carbocycles. The van der Waals surface area contributed by atoms with Gasteiger partial charge in [-0.3, -0.25) is 5.32 Å². The van der Waals surface area contributed by atoms with E-state index in [1.165, 1.54) is 14.2 Å². The third kappa shape index (κ3) is 4.75. The Bertz CT molecular complexity index is 557. The quantitative estimate of drug-likeness (QED) is 0.674. The van der Waals surface area contributed by atoms with Gasteiger partial charge < -0.3 is 14.2 Å². The Morgan fingerprint density at radius 1 is 1.19 bits per heavy atom. The number of hydrogen-bond acceptors (Lipinski definition) is 7. The summed E-state index contributed by atoms with van der Waals surface area (Å²) >= 11 is 5.72. The zero-order valence-corrected chi connectivity index (χ0v) is 13.1. The van der Waals surface area contributed by atoms with Crippen molar-refractivity contribution in [3.05, 3.63) is 11.0 Å². The van der Waals surface area contributed by atoms with Crippen LogP contribution in [0, 0.1) is 0 Å². The molecule has 0 radical (unpaired) electrons. The van der Waals surface area contributed by atoms with Crippen LogP contribution < -0.4 is 10.1 Å². The van der Waals surface area contributed by atoms with Gasteiger partial charge in [0.25, 0.3) is 0 Å². The maximum absolute atomic E-state index is 11.7. The Hall–Kier alpha value is -2.09. The average Bonchev–Trinajstić information content (AvgIpc) is 2.34. The summed E-state index contributed by atoms with van der Waals surface area (Å²) in [6.07, 6.45) is -0.772. The van der Waals surface area contributed by atoms with Crippen LogP contribution in [-0.4, -0.2) is 41.9 Å². The molecule has 9 heteroatoms. The van der Waals surface area contributed by atoms with Crippen molar-refractivity contribution in [3.8, 4) is 5.75 Å². The number of nitrogens with one attached hydrogen (secondary N) is 1. The van der Waals surface area contributed by atoms with Gasteiger partial charge in [-0.25, -0.2) is 14.6 Å². The van der Waals surface area contributed by atoms with E-state index in [-0.39, 0.29) is 22.5 Å². The molecule has 116 valence electrons. The number of carbonyl (C=O) groups is 2. The second kappa shape index (κ2) is 6.57. The minimum absolute atomic E-state index is 0.0721. The molecule has 0 fully saturated rings. The van der Waals surface area contributed by atoms with Gasteiger partial charge in [0, 0.05) is 0 Å². The number of rotatable bonds is 3. The lowest BCUT2D eigenvalue weighted by atomic mass is 10.2. The van der Waals surface area contributed by atoms with Crippen molar-refractivity contribution in [3.63, 3.8) is 0 Å². The number of ether oxygens (including phenoxy) is 3. The van der Waals surface area contributed by atoms with Gasteiger partial charge in [0.2, 0.25) is 5.28 Å². The van der Waals surface area contributed by atoms with Crippen molar-refractivity contribution >= 4 is 29.5 Å². The Balaban J connectivity index is 3.15. The topological polar surface area (TPSA) is 99.6 Å². The molecule has 1 heterocycles. The predicted octanol–water partition coefficient (Wildman–Crippen LogP) is 2.27. The lowest BCUT2D eigenvalue weighted by molar-refractivity contribution is 0.0585. The van der Waals surface area contributed by atoms with E-state index in [2.05, 4.69) is 20.0 Å². The third-order valence-electron chi connectivity index (χ3n) is 2.04. The van der Waals surface area contributed by atoms with Gasteiger partial charge in [-0.05, 0) is 32.4 Å². The maximum Gasteiger partial charge on any atom is 0.413 e. The normalized spacial score (nSPS) is 10.8. The first-order valence-corrected chi connectivity index (χ1v) is 6.25. The molecule has 1 aromatic heterocycles. The average molecular weight is 318 g/mol. The molecule has 0 atom stereocenters. The number of amides is 1. The van der Waals surface area contributed by atoms with Crippen LogP contribution in [0.5, 0.6) is 5.75 Å². The fourth-order valence-electron chi connectivity index (χ4n) is 1.34. The van der Waals surface area contributed by atoms with E-state index in [0.29, 0.717) is 0 Å². The predicted molar refractivity (Wildman–Crippen MR) is 74.8 cm³/mol. The van der Waals surface area contributed by atoms with Crippen molar-refractivity contribution < 1.29 is 23.8 Å². The molecular formula is C12H16ClN3O5. The van der Waals surface area contributed by atoms with Crippen LogP contribution in [0.25, 0.3) is 0 Å². The summed E-state index contributed by atoms with van der Waals surface area (Å²) in [4.78, 5) is 30.9. The number of esters is 1. The number of methoxy groups -OCH3 is 2. The fraction of sp³-hybridized carbons (Fsp3) is 0.500. The third-order valence-corrected chi connectivity index (χ3v) is 2.21. The van der Waals surface area contributed by atoms with E-state index < -0.39 is 17.7 Å². The standard InChI is InChI=1S/C12H16ClN3O5/c1-12(2,3)21-11(18)16-8-7(19-4)6(9(17)20-5)14-10(13)15-8/h1-5H3,(H,14,15,16,18). The molecule has 8 nitrogen and oxygen atoms in total. The summed E-state index contributed by atoms with van der Waals surface area (Å²) in [5.41, 5.74) is -0.898. The lowest BCUT2D eigenvalue weighted by Gasteiger charge is -2.20. The maximum atomic E-state index is 11.7. The molecule has 1 amide bonds. The fourth-order valence-corrected chi connectivity index (χ4v) is 1.51. The first-order valence-electron chi connectivity index (χ1n) is 5.87. The molecule has 0 saturated heterocycles. The summed E-state index contributed by atoms with van der Waals surface area (Å²) in [5.74, 6) is -0.937. The van der Waals surface area contributed by atoms with Crippen LogP contribution in [-0.2, 0) is 9.47 Å². The Morgan fingerprint density at radius 2 is 1.81 bits per heavy atom. The van der Waals surface area contributed by atoms with Gasteiger partial charge in [-0.1, -0.05) is 0 Å². The minimum Gasteiger partial charge on any atom is -0.491 e. The van der Waals surface area contributed by atoms with E-state index in [0.717, 1.165) is 0 Å². The van der Waals surface area contributed by atoms with Crippen molar-refractivity contribution in [2.45, 2.75) is 26.4 Å². The lowest BCUT2D eigenvalue weighted by Crippen LogP contribution is -2.28. The first kappa shape index (κ1) is 17.0. The molecule has 1 N–H and O–H groups in total. The van der Waals surface area contributed by atoms with Gasteiger partial charge in [-0.15, -0.1) is 0 Å². The minimum atomic E-state index is -0.775. The van der Waals surface area contributed by atoms with E-state index in [1.54, 1.807) is 20.8 Å². The highest BCUT2D eigenvalue weighted by Crippen LogP contribution is 2.28. The zero-order valence-electron chi connectivity index (χ0n) is 12.3. The van der Waals surface area contributed by atoms with Crippen molar-refractivity contribution in [2.24, 2.45) is 0 Å². The number of halogens is 1. The van der Waals surface area contributed by atoms with Crippen LogP contribution >= 0.6 is 11.6 Å². The van der Waals surface area contributed by atoms with Gasteiger partial charge in [0.05, 0.1) is 14.2 Å². The van der Waals surface area contributed by atoms with Crippen LogP contribution in [0.3, 0.4) is 0 Å². The molecule has 21 heavy (non-hydrogen) atoms. The highest BCUT2D eigenvalue weighted by molar-refractivity contribution is 6.28. The number of hydrogen-bond donors (Lipinski definition) is 1. The smallest absolute Gasteiger partial charge is 0.413 e. The molecule has 1 aromatic rings. The molecule has 0 unspecified atom stereocenters. The van der Waals surface area contributed by atoms with E-state index in [1.807, 2.05) is 0 Å². The zero-order chi connectivity index (χ0) is 16.2. The van der Waals surface area contributed by atoms with Gasteiger partial charge in [0.15, 0.2) is 17.3 Å². The largest absolute Gasteiger partial charge is 0.491 e. The van der Waals surface area contributed by atoms with Crippen LogP contribution in [0.2, 0.25) is 5.28 Å². The molecular weight excluding hydrogens is 302 g/mol. The summed E-state index contributed by atoms with van der Waals surface area (Å²) < 4.78 is 14.7. The molecule has 0 spiro atoms. The van der Waals surface area contributed by atoms with Crippen molar-refractivity contribution in [1.82, 2.24) is 9.97 Å². The van der Waals surface area contributed by atoms with Gasteiger partial charge >= 0.3 is 12.1 Å². The Labute approximate surface area is 126 Å². The summed E-state index contributed by atoms with van der Waals surface area (Å²) in [5, 5.41) is 2.10. The van der Waals surface area contributed by atoms with E-state index >= 15 is 0 Å². The molecule has 0 aliphatic heterocycles. The van der Waals surface area contributed by atoms with Crippen molar-refractivity contribution in [1.29, 1.82) is 0 Å². The first-order chi connectivity index (χ1) is 9.67. The second-order valence-electron chi connectivity index (χ2n) is 4.84.